The van der Waals surface area contributed by atoms with E-state index in [0.717, 1.165) is 30.2 Å². The molecule has 1 aromatic heterocycles. The van der Waals surface area contributed by atoms with Crippen LogP contribution >= 0.6 is 0 Å². The van der Waals surface area contributed by atoms with Gasteiger partial charge in [0.15, 0.2) is 0 Å². The molecule has 138 valence electrons. The number of aromatic amines is 1. The number of aromatic nitrogens is 1. The molecule has 4 rings (SSSR count). The van der Waals surface area contributed by atoms with Crippen molar-refractivity contribution in [2.24, 2.45) is 11.8 Å². The van der Waals surface area contributed by atoms with Crippen LogP contribution in [0.5, 0.6) is 0 Å². The maximum Gasteiger partial charge on any atom is 0.251 e. The molecule has 1 saturated heterocycles. The molecule has 0 bridgehead atoms. The molecular formula is C20H25N3O3. The predicted molar refractivity (Wildman–Crippen MR) is 98.8 cm³/mol. The van der Waals surface area contributed by atoms with Crippen LogP contribution in [0.25, 0.3) is 10.9 Å². The Labute approximate surface area is 152 Å². The first-order valence-electron chi connectivity index (χ1n) is 9.30. The molecule has 26 heavy (non-hydrogen) atoms. The molecule has 6 heteroatoms. The summed E-state index contributed by atoms with van der Waals surface area (Å²) in [5, 5.41) is 7.31. The summed E-state index contributed by atoms with van der Waals surface area (Å²) in [7, 11) is 1.69. The van der Waals surface area contributed by atoms with Crippen LogP contribution in [0.3, 0.4) is 0 Å². The van der Waals surface area contributed by atoms with Crippen LogP contribution in [0, 0.1) is 11.8 Å². The summed E-state index contributed by atoms with van der Waals surface area (Å²) in [4.78, 5) is 27.8. The van der Waals surface area contributed by atoms with Crippen LogP contribution in [0.1, 0.15) is 36.0 Å². The summed E-state index contributed by atoms with van der Waals surface area (Å²) in [5.41, 5.74) is 1.69. The maximum absolute atomic E-state index is 12.6. The van der Waals surface area contributed by atoms with E-state index in [1.165, 1.54) is 0 Å². The van der Waals surface area contributed by atoms with Crippen molar-refractivity contribution < 1.29 is 14.3 Å². The van der Waals surface area contributed by atoms with E-state index >= 15 is 0 Å². The Bertz CT molecular complexity index is 815. The van der Waals surface area contributed by atoms with Gasteiger partial charge in [-0.1, -0.05) is 0 Å². The summed E-state index contributed by atoms with van der Waals surface area (Å²) in [6, 6.07) is 7.86. The third-order valence-electron chi connectivity index (χ3n) is 5.83. The van der Waals surface area contributed by atoms with Crippen LogP contribution in [0.4, 0.5) is 0 Å². The van der Waals surface area contributed by atoms with Crippen LogP contribution in [-0.4, -0.2) is 42.6 Å². The molecule has 1 aromatic carbocycles. The van der Waals surface area contributed by atoms with E-state index in [0.29, 0.717) is 24.5 Å². The minimum atomic E-state index is -0.0490. The number of carbonyl (C=O) groups excluding carboxylic acids is 2. The van der Waals surface area contributed by atoms with E-state index in [4.69, 9.17) is 4.74 Å². The number of hydrogen-bond acceptors (Lipinski definition) is 3. The molecule has 0 spiro atoms. The number of amides is 2. The molecular weight excluding hydrogens is 330 g/mol. The first-order chi connectivity index (χ1) is 12.6. The van der Waals surface area contributed by atoms with Gasteiger partial charge in [0.05, 0.1) is 0 Å². The summed E-state index contributed by atoms with van der Waals surface area (Å²) in [5.74, 6) is 0.772. The van der Waals surface area contributed by atoms with Crippen molar-refractivity contribution in [1.29, 1.82) is 0 Å². The fraction of sp³-hybridized carbons (Fsp3) is 0.500. The Hall–Kier alpha value is -2.34. The molecule has 2 aliphatic rings. The highest BCUT2D eigenvalue weighted by Gasteiger charge is 2.40. The van der Waals surface area contributed by atoms with Crippen LogP contribution in [-0.2, 0) is 9.53 Å². The highest BCUT2D eigenvalue weighted by molar-refractivity contribution is 5.98. The van der Waals surface area contributed by atoms with Gasteiger partial charge in [0.25, 0.3) is 5.91 Å². The van der Waals surface area contributed by atoms with E-state index in [1.54, 1.807) is 7.11 Å². The SMILES string of the molecule is COCC1CC(=O)NC2CC(NC(=O)c3ccc4[nH]ccc4c3)CCC12. The van der Waals surface area contributed by atoms with Crippen LogP contribution in [0.2, 0.25) is 0 Å². The topological polar surface area (TPSA) is 83.2 Å². The average molecular weight is 355 g/mol. The van der Waals surface area contributed by atoms with Crippen molar-refractivity contribution in [3.05, 3.63) is 36.0 Å². The molecule has 0 radical (unpaired) electrons. The summed E-state index contributed by atoms with van der Waals surface area (Å²) < 4.78 is 5.30. The van der Waals surface area contributed by atoms with Gasteiger partial charge in [-0.3, -0.25) is 9.59 Å². The lowest BCUT2D eigenvalue weighted by Crippen LogP contribution is -2.56. The van der Waals surface area contributed by atoms with Gasteiger partial charge >= 0.3 is 0 Å². The van der Waals surface area contributed by atoms with Gasteiger partial charge in [-0.05, 0) is 55.4 Å². The third-order valence-corrected chi connectivity index (χ3v) is 5.83. The minimum Gasteiger partial charge on any atom is -0.384 e. The van der Waals surface area contributed by atoms with Gasteiger partial charge in [0.2, 0.25) is 5.91 Å². The second-order valence-corrected chi connectivity index (χ2v) is 7.52. The van der Waals surface area contributed by atoms with Crippen molar-refractivity contribution >= 4 is 22.7 Å². The lowest BCUT2D eigenvalue weighted by Gasteiger charge is -2.43. The zero-order valence-corrected chi connectivity index (χ0v) is 15.0. The van der Waals surface area contributed by atoms with Crippen molar-refractivity contribution in [2.45, 2.75) is 37.8 Å². The molecule has 1 aliphatic carbocycles. The molecule has 2 aromatic rings. The van der Waals surface area contributed by atoms with Crippen molar-refractivity contribution in [2.75, 3.05) is 13.7 Å². The number of hydrogen-bond donors (Lipinski definition) is 3. The summed E-state index contributed by atoms with van der Waals surface area (Å²) in [6.45, 7) is 0.627. The van der Waals surface area contributed by atoms with E-state index in [2.05, 4.69) is 15.6 Å². The van der Waals surface area contributed by atoms with E-state index in [9.17, 15) is 9.59 Å². The smallest absolute Gasteiger partial charge is 0.251 e. The number of ether oxygens (including phenoxy) is 1. The van der Waals surface area contributed by atoms with Crippen molar-refractivity contribution in [3.63, 3.8) is 0 Å². The first-order valence-corrected chi connectivity index (χ1v) is 9.30. The van der Waals surface area contributed by atoms with Crippen LogP contribution in [0.15, 0.2) is 30.5 Å². The number of H-pyrrole nitrogens is 1. The zero-order chi connectivity index (χ0) is 18.1. The average Bonchev–Trinajstić information content (AvgIpc) is 3.09. The van der Waals surface area contributed by atoms with E-state index in [-0.39, 0.29) is 29.8 Å². The molecule has 4 atom stereocenters. The van der Waals surface area contributed by atoms with E-state index < -0.39 is 0 Å². The quantitative estimate of drug-likeness (QED) is 0.786. The molecule has 3 N–H and O–H groups in total. The van der Waals surface area contributed by atoms with Gasteiger partial charge in [-0.2, -0.15) is 0 Å². The Morgan fingerprint density at radius 3 is 3.04 bits per heavy atom. The molecule has 2 fully saturated rings. The number of nitrogens with one attached hydrogen (secondary N) is 3. The molecule has 6 nitrogen and oxygen atoms in total. The zero-order valence-electron chi connectivity index (χ0n) is 15.0. The number of fused-ring (bicyclic) bond motifs is 2. The highest BCUT2D eigenvalue weighted by Crippen LogP contribution is 2.35. The van der Waals surface area contributed by atoms with Gasteiger partial charge in [0, 0.05) is 54.9 Å². The fourth-order valence-corrected chi connectivity index (χ4v) is 4.57. The van der Waals surface area contributed by atoms with Crippen LogP contribution < -0.4 is 10.6 Å². The number of rotatable bonds is 4. The number of methoxy groups -OCH3 is 1. The molecule has 1 saturated carbocycles. The molecule has 2 heterocycles. The standard InChI is InChI=1S/C20H25N3O3/c1-26-11-14-9-19(24)23-18-10-15(3-4-16(14)18)22-20(25)13-2-5-17-12(8-13)6-7-21-17/h2,5-8,14-16,18,21H,3-4,9-11H2,1H3,(H,22,25)(H,23,24). The lowest BCUT2D eigenvalue weighted by molar-refractivity contribution is -0.128. The monoisotopic (exact) mass is 355 g/mol. The summed E-state index contributed by atoms with van der Waals surface area (Å²) in [6.07, 6.45) is 5.14. The van der Waals surface area contributed by atoms with Gasteiger partial charge in [-0.15, -0.1) is 0 Å². The van der Waals surface area contributed by atoms with E-state index in [1.807, 2.05) is 30.5 Å². The maximum atomic E-state index is 12.6. The Balaban J connectivity index is 1.41. The molecule has 2 amide bonds. The van der Waals surface area contributed by atoms with Gasteiger partial charge in [-0.25, -0.2) is 0 Å². The Kier molecular flexibility index (Phi) is 4.68. The number of benzene rings is 1. The van der Waals surface area contributed by atoms with Gasteiger partial charge < -0.3 is 20.4 Å². The number of piperidine rings is 1. The minimum absolute atomic E-state index is 0.0490. The second kappa shape index (κ2) is 7.11. The largest absolute Gasteiger partial charge is 0.384 e. The highest BCUT2D eigenvalue weighted by atomic mass is 16.5. The molecule has 1 aliphatic heterocycles. The van der Waals surface area contributed by atoms with Crippen molar-refractivity contribution in [1.82, 2.24) is 15.6 Å². The normalized spacial score (nSPS) is 28.4. The third kappa shape index (κ3) is 3.33. The summed E-state index contributed by atoms with van der Waals surface area (Å²) >= 11 is 0. The van der Waals surface area contributed by atoms with Gasteiger partial charge in [0.1, 0.15) is 0 Å². The Morgan fingerprint density at radius 2 is 2.19 bits per heavy atom. The predicted octanol–water partition coefficient (Wildman–Crippen LogP) is 2.22. The fourth-order valence-electron chi connectivity index (χ4n) is 4.57. The molecule has 4 unspecified atom stereocenters. The Morgan fingerprint density at radius 1 is 1.31 bits per heavy atom. The first kappa shape index (κ1) is 17.1. The lowest BCUT2D eigenvalue weighted by atomic mass is 9.71. The van der Waals surface area contributed by atoms with Crippen molar-refractivity contribution in [3.8, 4) is 0 Å². The second-order valence-electron chi connectivity index (χ2n) is 7.52. The number of carbonyl (C=O) groups is 2.